The smallest absolute Gasteiger partial charge is 0.00977 e. The first-order chi connectivity index (χ1) is 6.15. The van der Waals surface area contributed by atoms with E-state index >= 15 is 0 Å². The molecule has 0 radical (unpaired) electrons. The molecule has 2 nitrogen and oxygen atoms in total. The van der Waals surface area contributed by atoms with Crippen molar-refractivity contribution in [3.05, 3.63) is 0 Å². The molecule has 1 aliphatic rings. The third-order valence-electron chi connectivity index (χ3n) is 3.43. The Balaban J connectivity index is 2.11. The summed E-state index contributed by atoms with van der Waals surface area (Å²) < 4.78 is 0. The molecule has 0 spiro atoms. The van der Waals surface area contributed by atoms with Gasteiger partial charge in [0.15, 0.2) is 0 Å². The fourth-order valence-corrected chi connectivity index (χ4v) is 2.06. The van der Waals surface area contributed by atoms with E-state index in [1.54, 1.807) is 0 Å². The minimum Gasteiger partial charge on any atom is -0.330 e. The summed E-state index contributed by atoms with van der Waals surface area (Å²) in [6.07, 6.45) is 3.94. The molecule has 0 aromatic heterocycles. The lowest BCUT2D eigenvalue weighted by Crippen LogP contribution is -2.44. The van der Waals surface area contributed by atoms with Gasteiger partial charge >= 0.3 is 0 Å². The Bertz CT molecular complexity index is 139. The fourth-order valence-electron chi connectivity index (χ4n) is 2.06. The van der Waals surface area contributed by atoms with E-state index in [9.17, 15) is 0 Å². The predicted octanol–water partition coefficient (Wildman–Crippen LogP) is 1.70. The van der Waals surface area contributed by atoms with Crippen LogP contribution < -0.4 is 5.73 Å². The van der Waals surface area contributed by atoms with Crippen molar-refractivity contribution in [1.29, 1.82) is 0 Å². The molecule has 1 rings (SSSR count). The van der Waals surface area contributed by atoms with Gasteiger partial charge in [-0.1, -0.05) is 13.8 Å². The number of hydrogen-bond donors (Lipinski definition) is 1. The predicted molar refractivity (Wildman–Crippen MR) is 57.7 cm³/mol. The largest absolute Gasteiger partial charge is 0.330 e. The first-order valence-electron chi connectivity index (χ1n) is 5.55. The molecule has 0 aliphatic heterocycles. The number of nitrogens with two attached hydrogens (primary N) is 1. The Morgan fingerprint density at radius 3 is 2.46 bits per heavy atom. The summed E-state index contributed by atoms with van der Waals surface area (Å²) in [5.74, 6) is 1.85. The summed E-state index contributed by atoms with van der Waals surface area (Å²) in [5, 5.41) is 0. The molecule has 0 heterocycles. The summed E-state index contributed by atoms with van der Waals surface area (Å²) in [4.78, 5) is 2.48. The van der Waals surface area contributed by atoms with Crippen molar-refractivity contribution in [2.45, 2.75) is 39.2 Å². The molecule has 78 valence electrons. The van der Waals surface area contributed by atoms with Crippen LogP contribution in [0.1, 0.15) is 33.1 Å². The van der Waals surface area contributed by atoms with Gasteiger partial charge < -0.3 is 10.6 Å². The standard InChI is InChI=1S/C11H24N2/c1-9(2)10-7-11(8-10)13(3)6-4-5-12/h9-11H,4-8,12H2,1-3H3. The van der Waals surface area contributed by atoms with Crippen molar-refractivity contribution in [2.24, 2.45) is 17.6 Å². The zero-order chi connectivity index (χ0) is 9.84. The lowest BCUT2D eigenvalue weighted by molar-refractivity contribution is 0.0741. The maximum Gasteiger partial charge on any atom is 0.00977 e. The molecule has 0 aromatic carbocycles. The van der Waals surface area contributed by atoms with Gasteiger partial charge in [-0.05, 0) is 51.2 Å². The van der Waals surface area contributed by atoms with Crippen LogP contribution in [0.3, 0.4) is 0 Å². The summed E-state index contributed by atoms with van der Waals surface area (Å²) in [5.41, 5.74) is 5.49. The molecule has 2 heteroatoms. The zero-order valence-electron chi connectivity index (χ0n) is 9.29. The van der Waals surface area contributed by atoms with E-state index in [-0.39, 0.29) is 0 Å². The minimum atomic E-state index is 0.824. The highest BCUT2D eigenvalue weighted by molar-refractivity contribution is 4.87. The molecule has 1 fully saturated rings. The monoisotopic (exact) mass is 184 g/mol. The second-order valence-corrected chi connectivity index (χ2v) is 4.75. The molecule has 0 saturated heterocycles. The van der Waals surface area contributed by atoms with Crippen LogP contribution in [0.5, 0.6) is 0 Å². The molecular weight excluding hydrogens is 160 g/mol. The average molecular weight is 184 g/mol. The van der Waals surface area contributed by atoms with Gasteiger partial charge in [-0.3, -0.25) is 0 Å². The second-order valence-electron chi connectivity index (χ2n) is 4.75. The van der Waals surface area contributed by atoms with Gasteiger partial charge in [0.1, 0.15) is 0 Å². The van der Waals surface area contributed by atoms with Crippen LogP contribution in [-0.4, -0.2) is 31.1 Å². The topological polar surface area (TPSA) is 29.3 Å². The maximum absolute atomic E-state index is 5.49. The fraction of sp³-hybridized carbons (Fsp3) is 1.00. The van der Waals surface area contributed by atoms with Crippen LogP contribution >= 0.6 is 0 Å². The third-order valence-corrected chi connectivity index (χ3v) is 3.43. The lowest BCUT2D eigenvalue weighted by atomic mass is 9.73. The first-order valence-corrected chi connectivity index (χ1v) is 5.55. The Kier molecular flexibility index (Phi) is 4.20. The molecule has 0 amide bonds. The lowest BCUT2D eigenvalue weighted by Gasteiger charge is -2.43. The van der Waals surface area contributed by atoms with E-state index in [1.807, 2.05) is 0 Å². The van der Waals surface area contributed by atoms with Gasteiger partial charge in [0, 0.05) is 6.04 Å². The molecule has 13 heavy (non-hydrogen) atoms. The van der Waals surface area contributed by atoms with Gasteiger partial charge in [-0.25, -0.2) is 0 Å². The normalized spacial score (nSPS) is 28.2. The van der Waals surface area contributed by atoms with Crippen LogP contribution in [0.15, 0.2) is 0 Å². The van der Waals surface area contributed by atoms with Crippen molar-refractivity contribution in [1.82, 2.24) is 4.90 Å². The van der Waals surface area contributed by atoms with E-state index in [1.165, 1.54) is 19.4 Å². The van der Waals surface area contributed by atoms with Crippen LogP contribution in [0.2, 0.25) is 0 Å². The van der Waals surface area contributed by atoms with E-state index in [2.05, 4.69) is 25.8 Å². The van der Waals surface area contributed by atoms with Crippen molar-refractivity contribution in [3.8, 4) is 0 Å². The van der Waals surface area contributed by atoms with E-state index in [0.717, 1.165) is 30.8 Å². The van der Waals surface area contributed by atoms with Crippen LogP contribution in [-0.2, 0) is 0 Å². The Morgan fingerprint density at radius 2 is 2.00 bits per heavy atom. The molecule has 0 bridgehead atoms. The highest BCUT2D eigenvalue weighted by atomic mass is 15.1. The average Bonchev–Trinajstić information content (AvgIpc) is 1.97. The van der Waals surface area contributed by atoms with Crippen molar-refractivity contribution >= 4 is 0 Å². The minimum absolute atomic E-state index is 0.824. The Hall–Kier alpha value is -0.0800. The van der Waals surface area contributed by atoms with Crippen LogP contribution in [0.25, 0.3) is 0 Å². The highest BCUT2D eigenvalue weighted by Gasteiger charge is 2.33. The highest BCUT2D eigenvalue weighted by Crippen LogP contribution is 2.36. The summed E-state index contributed by atoms with van der Waals surface area (Å²) in [7, 11) is 2.23. The van der Waals surface area contributed by atoms with Gasteiger partial charge in [-0.15, -0.1) is 0 Å². The van der Waals surface area contributed by atoms with Gasteiger partial charge in [0.25, 0.3) is 0 Å². The van der Waals surface area contributed by atoms with Gasteiger partial charge in [0.05, 0.1) is 0 Å². The summed E-state index contributed by atoms with van der Waals surface area (Å²) >= 11 is 0. The van der Waals surface area contributed by atoms with Crippen molar-refractivity contribution in [2.75, 3.05) is 20.1 Å². The van der Waals surface area contributed by atoms with E-state index in [4.69, 9.17) is 5.73 Å². The van der Waals surface area contributed by atoms with Crippen molar-refractivity contribution < 1.29 is 0 Å². The molecule has 2 N–H and O–H groups in total. The SMILES string of the molecule is CC(C)C1CC(N(C)CCCN)C1. The maximum atomic E-state index is 5.49. The Morgan fingerprint density at radius 1 is 1.38 bits per heavy atom. The third kappa shape index (κ3) is 2.96. The van der Waals surface area contributed by atoms with E-state index in [0.29, 0.717) is 0 Å². The van der Waals surface area contributed by atoms with Crippen LogP contribution in [0.4, 0.5) is 0 Å². The summed E-state index contributed by atoms with van der Waals surface area (Å²) in [6.45, 7) is 6.66. The van der Waals surface area contributed by atoms with Crippen molar-refractivity contribution in [3.63, 3.8) is 0 Å². The molecule has 0 aromatic rings. The zero-order valence-corrected chi connectivity index (χ0v) is 9.29. The van der Waals surface area contributed by atoms with Crippen LogP contribution in [0, 0.1) is 11.8 Å². The number of rotatable bonds is 5. The number of nitrogens with zero attached hydrogens (tertiary/aromatic N) is 1. The molecule has 0 atom stereocenters. The molecule has 1 aliphatic carbocycles. The Labute approximate surface area is 82.5 Å². The number of hydrogen-bond acceptors (Lipinski definition) is 2. The second kappa shape index (κ2) is 4.97. The van der Waals surface area contributed by atoms with Gasteiger partial charge in [-0.2, -0.15) is 0 Å². The van der Waals surface area contributed by atoms with E-state index < -0.39 is 0 Å². The summed E-state index contributed by atoms with van der Waals surface area (Å²) in [6, 6.07) is 0.846. The molecule has 1 saturated carbocycles. The quantitative estimate of drug-likeness (QED) is 0.704. The molecule has 0 unspecified atom stereocenters. The van der Waals surface area contributed by atoms with Gasteiger partial charge in [0.2, 0.25) is 0 Å². The molecular formula is C11H24N2. The first kappa shape index (κ1) is 11.0.